The average molecular weight is 316 g/mol. The van der Waals surface area contributed by atoms with E-state index in [1.165, 1.54) is 6.21 Å². The van der Waals surface area contributed by atoms with Crippen LogP contribution in [0.3, 0.4) is 0 Å². The monoisotopic (exact) mass is 315 g/mol. The Morgan fingerprint density at radius 2 is 2.15 bits per heavy atom. The molecule has 1 aromatic rings. The number of hydrazone groups is 1. The molecule has 2 rings (SSSR count). The number of nitrogens with one attached hydrogen (secondary N) is 1. The van der Waals surface area contributed by atoms with Gasteiger partial charge in [0, 0.05) is 23.7 Å². The molecule has 0 atom stereocenters. The maximum absolute atomic E-state index is 11.7. The minimum Gasteiger partial charge on any atom is -0.379 e. The number of hydrogen-bond donors (Lipinski definition) is 1. The van der Waals surface area contributed by atoms with Crippen molar-refractivity contribution in [2.45, 2.75) is 0 Å². The van der Waals surface area contributed by atoms with E-state index in [0.717, 1.165) is 13.1 Å². The first-order valence-electron chi connectivity index (χ1n) is 6.22. The Morgan fingerprint density at radius 3 is 2.85 bits per heavy atom. The SMILES string of the molecule is O=C(CN1CCOCC1)N/N=C/c1ccc(Cl)cc1Cl. The highest BCUT2D eigenvalue weighted by Gasteiger charge is 2.13. The number of morpholine rings is 1. The molecule has 0 radical (unpaired) electrons. The van der Waals surface area contributed by atoms with E-state index in [1.54, 1.807) is 18.2 Å². The lowest BCUT2D eigenvalue weighted by molar-refractivity contribution is -0.123. The first-order chi connectivity index (χ1) is 9.65. The van der Waals surface area contributed by atoms with Gasteiger partial charge in [0.15, 0.2) is 0 Å². The van der Waals surface area contributed by atoms with Crippen molar-refractivity contribution in [2.75, 3.05) is 32.8 Å². The molecule has 1 fully saturated rings. The van der Waals surface area contributed by atoms with Crippen LogP contribution in [0.15, 0.2) is 23.3 Å². The van der Waals surface area contributed by atoms with Gasteiger partial charge in [-0.25, -0.2) is 5.43 Å². The quantitative estimate of drug-likeness (QED) is 0.680. The predicted molar refractivity (Wildman–Crippen MR) is 79.5 cm³/mol. The van der Waals surface area contributed by atoms with Gasteiger partial charge in [0.25, 0.3) is 5.91 Å². The molecule has 108 valence electrons. The fourth-order valence-corrected chi connectivity index (χ4v) is 2.24. The normalized spacial score (nSPS) is 16.5. The van der Waals surface area contributed by atoms with Crippen LogP contribution in [0.2, 0.25) is 10.0 Å². The van der Waals surface area contributed by atoms with E-state index in [-0.39, 0.29) is 5.91 Å². The molecule has 1 N–H and O–H groups in total. The van der Waals surface area contributed by atoms with E-state index in [2.05, 4.69) is 10.5 Å². The summed E-state index contributed by atoms with van der Waals surface area (Å²) in [5.41, 5.74) is 3.17. The lowest BCUT2D eigenvalue weighted by Crippen LogP contribution is -2.42. The smallest absolute Gasteiger partial charge is 0.254 e. The summed E-state index contributed by atoms with van der Waals surface area (Å²) in [6.07, 6.45) is 1.50. The Balaban J connectivity index is 1.81. The van der Waals surface area contributed by atoms with Crippen LogP contribution < -0.4 is 5.43 Å². The molecular formula is C13H15Cl2N3O2. The summed E-state index contributed by atoms with van der Waals surface area (Å²) >= 11 is 11.8. The van der Waals surface area contributed by atoms with Crippen molar-refractivity contribution in [1.29, 1.82) is 0 Å². The third-order valence-corrected chi connectivity index (χ3v) is 3.39. The molecule has 1 saturated heterocycles. The van der Waals surface area contributed by atoms with Crippen LogP contribution in [-0.4, -0.2) is 49.9 Å². The maximum Gasteiger partial charge on any atom is 0.254 e. The molecule has 0 unspecified atom stereocenters. The van der Waals surface area contributed by atoms with Gasteiger partial charge in [-0.3, -0.25) is 9.69 Å². The molecule has 20 heavy (non-hydrogen) atoms. The molecular weight excluding hydrogens is 301 g/mol. The largest absolute Gasteiger partial charge is 0.379 e. The van der Waals surface area contributed by atoms with Gasteiger partial charge >= 0.3 is 0 Å². The van der Waals surface area contributed by atoms with Crippen LogP contribution in [0.4, 0.5) is 0 Å². The number of rotatable bonds is 4. The zero-order chi connectivity index (χ0) is 14.4. The van der Waals surface area contributed by atoms with Gasteiger partial charge in [0.2, 0.25) is 0 Å². The van der Waals surface area contributed by atoms with E-state index >= 15 is 0 Å². The highest BCUT2D eigenvalue weighted by atomic mass is 35.5. The standard InChI is InChI=1S/C13H15Cl2N3O2/c14-11-2-1-10(12(15)7-11)8-16-17-13(19)9-18-3-5-20-6-4-18/h1-2,7-8H,3-6,9H2,(H,17,19)/b16-8+. The molecule has 0 aliphatic carbocycles. The van der Waals surface area contributed by atoms with Crippen molar-refractivity contribution in [3.05, 3.63) is 33.8 Å². The third-order valence-electron chi connectivity index (χ3n) is 2.83. The first-order valence-corrected chi connectivity index (χ1v) is 6.98. The summed E-state index contributed by atoms with van der Waals surface area (Å²) in [7, 11) is 0. The zero-order valence-electron chi connectivity index (χ0n) is 10.8. The number of carbonyl (C=O) groups is 1. The van der Waals surface area contributed by atoms with Gasteiger partial charge < -0.3 is 4.74 Å². The molecule has 0 aromatic heterocycles. The number of amides is 1. The molecule has 1 aromatic carbocycles. The molecule has 0 saturated carbocycles. The highest BCUT2D eigenvalue weighted by Crippen LogP contribution is 2.19. The number of benzene rings is 1. The second-order valence-electron chi connectivity index (χ2n) is 4.35. The lowest BCUT2D eigenvalue weighted by Gasteiger charge is -2.25. The summed E-state index contributed by atoms with van der Waals surface area (Å²) in [6, 6.07) is 5.08. The molecule has 1 heterocycles. The molecule has 0 spiro atoms. The van der Waals surface area contributed by atoms with Crippen LogP contribution in [-0.2, 0) is 9.53 Å². The summed E-state index contributed by atoms with van der Waals surface area (Å²) in [5.74, 6) is -0.159. The zero-order valence-corrected chi connectivity index (χ0v) is 12.3. The second-order valence-corrected chi connectivity index (χ2v) is 5.19. The summed E-state index contributed by atoms with van der Waals surface area (Å²) < 4.78 is 5.21. The van der Waals surface area contributed by atoms with Crippen LogP contribution in [0.1, 0.15) is 5.56 Å². The molecule has 1 aliphatic rings. The fourth-order valence-electron chi connectivity index (χ4n) is 1.78. The van der Waals surface area contributed by atoms with E-state index in [0.29, 0.717) is 35.4 Å². The van der Waals surface area contributed by atoms with Gasteiger partial charge in [0.1, 0.15) is 0 Å². The molecule has 0 bridgehead atoms. The van der Waals surface area contributed by atoms with Crippen molar-refractivity contribution in [3.8, 4) is 0 Å². The van der Waals surface area contributed by atoms with Crippen LogP contribution in [0.25, 0.3) is 0 Å². The first kappa shape index (κ1) is 15.3. The molecule has 7 heteroatoms. The van der Waals surface area contributed by atoms with E-state index < -0.39 is 0 Å². The van der Waals surface area contributed by atoms with E-state index in [4.69, 9.17) is 27.9 Å². The highest BCUT2D eigenvalue weighted by molar-refractivity contribution is 6.36. The number of hydrogen-bond acceptors (Lipinski definition) is 4. The van der Waals surface area contributed by atoms with Crippen molar-refractivity contribution in [3.63, 3.8) is 0 Å². The molecule has 1 aliphatic heterocycles. The van der Waals surface area contributed by atoms with Gasteiger partial charge in [-0.15, -0.1) is 0 Å². The number of carbonyl (C=O) groups excluding carboxylic acids is 1. The number of ether oxygens (including phenoxy) is 1. The Bertz CT molecular complexity index is 502. The van der Waals surface area contributed by atoms with Crippen LogP contribution in [0, 0.1) is 0 Å². The number of nitrogens with zero attached hydrogens (tertiary/aromatic N) is 2. The minimum absolute atomic E-state index is 0.159. The Kier molecular flexibility index (Phi) is 5.79. The van der Waals surface area contributed by atoms with E-state index in [1.807, 2.05) is 4.90 Å². The van der Waals surface area contributed by atoms with Crippen molar-refractivity contribution >= 4 is 35.3 Å². The van der Waals surface area contributed by atoms with Gasteiger partial charge in [-0.2, -0.15) is 5.10 Å². The Labute approximate surface area is 127 Å². The van der Waals surface area contributed by atoms with Gasteiger partial charge in [0.05, 0.1) is 31.0 Å². The van der Waals surface area contributed by atoms with Crippen molar-refractivity contribution < 1.29 is 9.53 Å². The summed E-state index contributed by atoms with van der Waals surface area (Å²) in [4.78, 5) is 13.7. The number of halogens is 2. The van der Waals surface area contributed by atoms with Crippen LogP contribution >= 0.6 is 23.2 Å². The third kappa shape index (κ3) is 4.76. The van der Waals surface area contributed by atoms with Gasteiger partial charge in [-0.05, 0) is 12.1 Å². The van der Waals surface area contributed by atoms with Gasteiger partial charge in [-0.1, -0.05) is 29.3 Å². The maximum atomic E-state index is 11.7. The fraction of sp³-hybridized carbons (Fsp3) is 0.385. The molecule has 1 amide bonds. The Hall–Kier alpha value is -1.14. The topological polar surface area (TPSA) is 53.9 Å². The summed E-state index contributed by atoms with van der Waals surface area (Å²) in [5, 5.41) is 4.94. The predicted octanol–water partition coefficient (Wildman–Crippen LogP) is 1.78. The summed E-state index contributed by atoms with van der Waals surface area (Å²) in [6.45, 7) is 3.17. The van der Waals surface area contributed by atoms with Crippen LogP contribution in [0.5, 0.6) is 0 Å². The lowest BCUT2D eigenvalue weighted by atomic mass is 10.2. The second kappa shape index (κ2) is 7.59. The van der Waals surface area contributed by atoms with Crippen molar-refractivity contribution in [1.82, 2.24) is 10.3 Å². The Morgan fingerprint density at radius 1 is 1.40 bits per heavy atom. The van der Waals surface area contributed by atoms with Crippen molar-refractivity contribution in [2.24, 2.45) is 5.10 Å². The average Bonchev–Trinajstić information content (AvgIpc) is 2.42. The minimum atomic E-state index is -0.159. The van der Waals surface area contributed by atoms with E-state index in [9.17, 15) is 4.79 Å². The molecule has 5 nitrogen and oxygen atoms in total.